The van der Waals surface area contributed by atoms with Crippen LogP contribution in [0.4, 0.5) is 0 Å². The number of likely N-dealkylation sites (tertiary alicyclic amines) is 1. The zero-order valence-electron chi connectivity index (χ0n) is 8.59. The van der Waals surface area contributed by atoms with E-state index in [-0.39, 0.29) is 18.1 Å². The van der Waals surface area contributed by atoms with Gasteiger partial charge >= 0.3 is 0 Å². The summed E-state index contributed by atoms with van der Waals surface area (Å²) in [4.78, 5) is 3.74. The first kappa shape index (κ1) is 11.1. The Hall–Kier alpha value is -1.01. The second-order valence-electron chi connectivity index (χ2n) is 3.92. The second kappa shape index (κ2) is 4.47. The minimum absolute atomic E-state index is 0.0772. The molecule has 2 unspecified atom stereocenters. The molecule has 1 heterocycles. The van der Waals surface area contributed by atoms with Gasteiger partial charge in [-0.2, -0.15) is 0 Å². The molecule has 1 aliphatic heterocycles. The van der Waals surface area contributed by atoms with Gasteiger partial charge in [-0.25, -0.2) is 0 Å². The molecule has 82 valence electrons. The first-order chi connectivity index (χ1) is 6.54. The minimum atomic E-state index is -0.389. The summed E-state index contributed by atoms with van der Waals surface area (Å²) in [6, 6.07) is 0.121. The fourth-order valence-electron chi connectivity index (χ4n) is 1.82. The predicted molar refractivity (Wildman–Crippen MR) is 53.1 cm³/mol. The van der Waals surface area contributed by atoms with Crippen molar-refractivity contribution in [2.45, 2.75) is 18.6 Å². The van der Waals surface area contributed by atoms with E-state index in [0.29, 0.717) is 13.0 Å². The van der Waals surface area contributed by atoms with E-state index in [1.54, 1.807) is 4.90 Å². The topological polar surface area (TPSA) is 85.3 Å². The molecule has 2 atom stereocenters. The number of guanidine groups is 1. The highest BCUT2D eigenvalue weighted by molar-refractivity contribution is 5.78. The maximum atomic E-state index is 9.47. The van der Waals surface area contributed by atoms with Gasteiger partial charge in [-0.3, -0.25) is 0 Å². The molecular weight excluding hydrogens is 184 g/mol. The van der Waals surface area contributed by atoms with E-state index in [0.717, 1.165) is 6.54 Å². The van der Waals surface area contributed by atoms with Crippen LogP contribution in [0.2, 0.25) is 0 Å². The molecule has 0 spiro atoms. The molecule has 1 rings (SSSR count). The number of likely N-dealkylation sites (N-methyl/N-ethyl adjacent to an activating group) is 1. The normalized spacial score (nSPS) is 28.9. The molecule has 0 radical (unpaired) electrons. The molecule has 1 aliphatic rings. The molecule has 14 heavy (non-hydrogen) atoms. The van der Waals surface area contributed by atoms with Gasteiger partial charge < -0.3 is 25.8 Å². The van der Waals surface area contributed by atoms with Gasteiger partial charge in [0.25, 0.3) is 0 Å². The van der Waals surface area contributed by atoms with Crippen LogP contribution in [0.25, 0.3) is 0 Å². The summed E-state index contributed by atoms with van der Waals surface area (Å²) in [6.07, 6.45) is 0.272. The van der Waals surface area contributed by atoms with Crippen molar-refractivity contribution in [3.8, 4) is 0 Å². The Morgan fingerprint density at radius 2 is 2.29 bits per heavy atom. The third-order valence-electron chi connectivity index (χ3n) is 2.36. The lowest BCUT2D eigenvalue weighted by atomic mass is 10.2. The summed E-state index contributed by atoms with van der Waals surface area (Å²) >= 11 is 0. The van der Waals surface area contributed by atoms with Crippen molar-refractivity contribution in [1.82, 2.24) is 9.80 Å². The predicted octanol–water partition coefficient (Wildman–Crippen LogP) is -1.31. The van der Waals surface area contributed by atoms with Gasteiger partial charge in [0.1, 0.15) is 0 Å². The number of aliphatic hydroxyl groups excluding tert-OH is 1. The summed E-state index contributed by atoms with van der Waals surface area (Å²) in [5.41, 5.74) is 5.50. The van der Waals surface area contributed by atoms with Crippen LogP contribution >= 0.6 is 0 Å². The number of rotatable bonds is 2. The molecule has 6 heteroatoms. The van der Waals surface area contributed by atoms with Crippen molar-refractivity contribution >= 4 is 5.96 Å². The number of nitrogens with zero attached hydrogens (tertiary/aromatic N) is 3. The van der Waals surface area contributed by atoms with Crippen molar-refractivity contribution < 1.29 is 10.3 Å². The Morgan fingerprint density at radius 3 is 2.79 bits per heavy atom. The Balaban J connectivity index is 2.63. The Labute approximate surface area is 83.6 Å². The molecule has 0 aromatic carbocycles. The van der Waals surface area contributed by atoms with E-state index in [2.05, 4.69) is 5.16 Å². The maximum absolute atomic E-state index is 9.47. The highest BCUT2D eigenvalue weighted by Crippen LogP contribution is 2.17. The van der Waals surface area contributed by atoms with Crippen LogP contribution in [-0.4, -0.2) is 65.4 Å². The van der Waals surface area contributed by atoms with Crippen LogP contribution in [0.5, 0.6) is 0 Å². The maximum Gasteiger partial charge on any atom is 0.233 e. The first-order valence-corrected chi connectivity index (χ1v) is 4.61. The number of oxime groups is 1. The zero-order valence-corrected chi connectivity index (χ0v) is 8.59. The van der Waals surface area contributed by atoms with Crippen molar-refractivity contribution in [3.63, 3.8) is 0 Å². The van der Waals surface area contributed by atoms with Crippen LogP contribution in [0.1, 0.15) is 6.42 Å². The third kappa shape index (κ3) is 2.49. The van der Waals surface area contributed by atoms with Gasteiger partial charge in [-0.15, -0.1) is 0 Å². The van der Waals surface area contributed by atoms with Crippen LogP contribution in [0, 0.1) is 0 Å². The number of β-amino-alcohol motifs (C(OH)–C–C–N with tert-alkyl or cyclic N) is 1. The molecule has 0 bridgehead atoms. The number of nitrogens with two attached hydrogens (primary N) is 1. The molecule has 0 aromatic heterocycles. The zero-order chi connectivity index (χ0) is 10.7. The van der Waals surface area contributed by atoms with Gasteiger partial charge in [0.15, 0.2) is 0 Å². The Bertz CT molecular complexity index is 219. The third-order valence-corrected chi connectivity index (χ3v) is 2.36. The lowest BCUT2D eigenvalue weighted by Gasteiger charge is -2.26. The van der Waals surface area contributed by atoms with E-state index in [1.807, 2.05) is 19.0 Å². The van der Waals surface area contributed by atoms with E-state index in [1.165, 1.54) is 0 Å². The molecule has 0 amide bonds. The number of hydrogen-bond donors (Lipinski definition) is 3. The monoisotopic (exact) mass is 202 g/mol. The highest BCUT2D eigenvalue weighted by atomic mass is 16.4. The van der Waals surface area contributed by atoms with Crippen LogP contribution in [0.15, 0.2) is 5.16 Å². The summed E-state index contributed by atoms with van der Waals surface area (Å²) in [6.45, 7) is 1.22. The van der Waals surface area contributed by atoms with E-state index < -0.39 is 0 Å². The van der Waals surface area contributed by atoms with Crippen LogP contribution < -0.4 is 5.73 Å². The van der Waals surface area contributed by atoms with Gasteiger partial charge in [0, 0.05) is 19.1 Å². The fourth-order valence-corrected chi connectivity index (χ4v) is 1.82. The fraction of sp³-hybridized carbons (Fsp3) is 0.875. The molecule has 0 saturated carbocycles. The molecule has 0 aliphatic carbocycles. The molecule has 1 fully saturated rings. The largest absolute Gasteiger partial charge is 0.408 e. The quantitative estimate of drug-likeness (QED) is 0.224. The number of hydrogen-bond acceptors (Lipinski definition) is 4. The van der Waals surface area contributed by atoms with E-state index in [4.69, 9.17) is 10.9 Å². The SMILES string of the molecule is CN(C)CC1CC(O)CN1/C(N)=N/O. The molecule has 0 aromatic rings. The smallest absolute Gasteiger partial charge is 0.233 e. The standard InChI is InChI=1S/C8H18N4O2/c1-11(2)4-6-3-7(13)5-12(6)8(9)10-14/h6-7,13-14H,3-5H2,1-2H3,(H2,9,10). The summed E-state index contributed by atoms with van der Waals surface area (Å²) in [7, 11) is 3.91. The van der Waals surface area contributed by atoms with Crippen LogP contribution in [0.3, 0.4) is 0 Å². The average Bonchev–Trinajstić information content (AvgIpc) is 2.44. The second-order valence-corrected chi connectivity index (χ2v) is 3.92. The summed E-state index contributed by atoms with van der Waals surface area (Å²) < 4.78 is 0. The van der Waals surface area contributed by atoms with E-state index >= 15 is 0 Å². The van der Waals surface area contributed by atoms with Crippen molar-refractivity contribution in [3.05, 3.63) is 0 Å². The van der Waals surface area contributed by atoms with Gasteiger partial charge in [0.05, 0.1) is 6.10 Å². The van der Waals surface area contributed by atoms with Crippen molar-refractivity contribution in [1.29, 1.82) is 0 Å². The van der Waals surface area contributed by atoms with Crippen LogP contribution in [-0.2, 0) is 0 Å². The lowest BCUT2D eigenvalue weighted by Crippen LogP contribution is -2.45. The minimum Gasteiger partial charge on any atom is -0.408 e. The van der Waals surface area contributed by atoms with Crippen molar-refractivity contribution in [2.75, 3.05) is 27.2 Å². The average molecular weight is 202 g/mol. The molecular formula is C8H18N4O2. The van der Waals surface area contributed by atoms with Gasteiger partial charge in [-0.05, 0) is 20.5 Å². The summed E-state index contributed by atoms with van der Waals surface area (Å²) in [5, 5.41) is 21.0. The first-order valence-electron chi connectivity index (χ1n) is 4.61. The number of aliphatic hydroxyl groups is 1. The lowest BCUT2D eigenvalue weighted by molar-refractivity contribution is 0.186. The summed E-state index contributed by atoms with van der Waals surface area (Å²) in [5.74, 6) is 0.0772. The van der Waals surface area contributed by atoms with Gasteiger partial charge in [-0.1, -0.05) is 5.16 Å². The Kier molecular flexibility index (Phi) is 3.54. The van der Waals surface area contributed by atoms with Crippen molar-refractivity contribution in [2.24, 2.45) is 10.9 Å². The van der Waals surface area contributed by atoms with Gasteiger partial charge in [0.2, 0.25) is 5.96 Å². The highest BCUT2D eigenvalue weighted by Gasteiger charge is 2.32. The molecule has 1 saturated heterocycles. The van der Waals surface area contributed by atoms with E-state index in [9.17, 15) is 5.11 Å². The Morgan fingerprint density at radius 1 is 1.64 bits per heavy atom. The molecule has 6 nitrogen and oxygen atoms in total. The molecule has 4 N–H and O–H groups in total.